The molecule has 1 unspecified atom stereocenters. The first kappa shape index (κ1) is 14.8. The van der Waals surface area contributed by atoms with Crippen LogP contribution in [0.15, 0.2) is 35.1 Å². The summed E-state index contributed by atoms with van der Waals surface area (Å²) in [5.41, 5.74) is 2.53. The summed E-state index contributed by atoms with van der Waals surface area (Å²) in [5.74, 6) is 1.41. The van der Waals surface area contributed by atoms with Crippen LogP contribution in [-0.4, -0.2) is 26.5 Å². The fourth-order valence-corrected chi connectivity index (χ4v) is 3.39. The summed E-state index contributed by atoms with van der Waals surface area (Å²) in [6.45, 7) is 4.81. The van der Waals surface area contributed by atoms with Crippen LogP contribution >= 0.6 is 0 Å². The van der Waals surface area contributed by atoms with Gasteiger partial charge in [-0.05, 0) is 44.9 Å². The molecule has 0 aliphatic carbocycles. The third-order valence-corrected chi connectivity index (χ3v) is 4.43. The van der Waals surface area contributed by atoms with E-state index in [0.717, 1.165) is 36.3 Å². The average molecular weight is 321 g/mol. The van der Waals surface area contributed by atoms with Gasteiger partial charge in [-0.3, -0.25) is 4.79 Å². The van der Waals surface area contributed by atoms with Crippen LogP contribution in [0.3, 0.4) is 0 Å². The molecule has 3 aromatic rings. The van der Waals surface area contributed by atoms with Gasteiger partial charge in [-0.25, -0.2) is 15.0 Å². The van der Waals surface area contributed by atoms with Crippen LogP contribution in [-0.2, 0) is 0 Å². The highest BCUT2D eigenvalue weighted by Crippen LogP contribution is 2.32. The maximum Gasteiger partial charge on any atom is 0.258 e. The van der Waals surface area contributed by atoms with E-state index in [4.69, 9.17) is 0 Å². The zero-order valence-corrected chi connectivity index (χ0v) is 13.8. The van der Waals surface area contributed by atoms with Gasteiger partial charge in [0, 0.05) is 17.9 Å². The van der Waals surface area contributed by atoms with E-state index in [1.165, 1.54) is 0 Å². The van der Waals surface area contributed by atoms with Gasteiger partial charge < -0.3 is 9.88 Å². The SMILES string of the molecule is Cc1cc(C)nc(N2CCCC2c2nc3ccccc3c(=O)[nH]2)n1. The molecule has 1 fully saturated rings. The third kappa shape index (κ3) is 2.54. The number of hydrogen-bond donors (Lipinski definition) is 1. The van der Waals surface area contributed by atoms with E-state index in [2.05, 4.69) is 24.8 Å². The summed E-state index contributed by atoms with van der Waals surface area (Å²) in [6, 6.07) is 9.39. The van der Waals surface area contributed by atoms with E-state index in [1.54, 1.807) is 6.07 Å². The quantitative estimate of drug-likeness (QED) is 0.785. The predicted octanol–water partition coefficient (Wildman–Crippen LogP) is 2.67. The minimum absolute atomic E-state index is 0.00325. The Morgan fingerprint density at radius 1 is 1.12 bits per heavy atom. The summed E-state index contributed by atoms with van der Waals surface area (Å²) in [6.07, 6.45) is 1.95. The molecule has 0 bridgehead atoms. The molecule has 1 N–H and O–H groups in total. The number of aryl methyl sites for hydroxylation is 2. The fraction of sp³-hybridized carbons (Fsp3) is 0.333. The molecule has 2 aromatic heterocycles. The lowest BCUT2D eigenvalue weighted by atomic mass is 10.2. The highest BCUT2D eigenvalue weighted by atomic mass is 16.1. The summed E-state index contributed by atoms with van der Waals surface area (Å²) >= 11 is 0. The molecule has 0 amide bonds. The lowest BCUT2D eigenvalue weighted by Gasteiger charge is -2.24. The van der Waals surface area contributed by atoms with Crippen LogP contribution in [0.25, 0.3) is 10.9 Å². The zero-order valence-electron chi connectivity index (χ0n) is 13.8. The van der Waals surface area contributed by atoms with Crippen LogP contribution in [0.1, 0.15) is 36.1 Å². The molecule has 0 radical (unpaired) electrons. The van der Waals surface area contributed by atoms with Crippen LogP contribution in [0.5, 0.6) is 0 Å². The van der Waals surface area contributed by atoms with E-state index >= 15 is 0 Å². The number of fused-ring (bicyclic) bond motifs is 1. The van der Waals surface area contributed by atoms with Gasteiger partial charge in [0.1, 0.15) is 5.82 Å². The van der Waals surface area contributed by atoms with E-state index < -0.39 is 0 Å². The van der Waals surface area contributed by atoms with Crippen LogP contribution in [0, 0.1) is 13.8 Å². The Labute approximate surface area is 139 Å². The van der Waals surface area contributed by atoms with Crippen molar-refractivity contribution in [3.8, 4) is 0 Å². The number of rotatable bonds is 2. The number of aromatic amines is 1. The number of nitrogens with one attached hydrogen (secondary N) is 1. The molecule has 6 nitrogen and oxygen atoms in total. The summed E-state index contributed by atoms with van der Waals surface area (Å²) in [4.78, 5) is 31.3. The van der Waals surface area contributed by atoms with Crippen molar-refractivity contribution in [2.45, 2.75) is 32.7 Å². The highest BCUT2D eigenvalue weighted by Gasteiger charge is 2.30. The van der Waals surface area contributed by atoms with Crippen molar-refractivity contribution < 1.29 is 0 Å². The molecule has 3 heterocycles. The Balaban J connectivity index is 1.79. The van der Waals surface area contributed by atoms with Gasteiger partial charge in [-0.2, -0.15) is 0 Å². The molecule has 1 aliphatic rings. The lowest BCUT2D eigenvalue weighted by molar-refractivity contribution is 0.652. The van der Waals surface area contributed by atoms with E-state index in [9.17, 15) is 4.79 Å². The molecule has 0 saturated carbocycles. The molecule has 24 heavy (non-hydrogen) atoms. The Kier molecular flexibility index (Phi) is 3.52. The van der Waals surface area contributed by atoms with Gasteiger partial charge in [0.25, 0.3) is 5.56 Å². The summed E-state index contributed by atoms with van der Waals surface area (Å²) < 4.78 is 0. The Hall–Kier alpha value is -2.76. The van der Waals surface area contributed by atoms with E-state index in [1.807, 2.05) is 38.1 Å². The maximum absolute atomic E-state index is 12.4. The van der Waals surface area contributed by atoms with Crippen LogP contribution < -0.4 is 10.5 Å². The molecular formula is C18H19N5O. The van der Waals surface area contributed by atoms with E-state index in [0.29, 0.717) is 17.2 Å². The Bertz CT molecular complexity index is 945. The number of anilines is 1. The topological polar surface area (TPSA) is 74.8 Å². The van der Waals surface area contributed by atoms with Gasteiger partial charge in [-0.1, -0.05) is 12.1 Å². The summed E-state index contributed by atoms with van der Waals surface area (Å²) in [5, 5.41) is 0.619. The molecule has 1 aromatic carbocycles. The van der Waals surface area contributed by atoms with E-state index in [-0.39, 0.29) is 11.6 Å². The summed E-state index contributed by atoms with van der Waals surface area (Å²) in [7, 11) is 0. The monoisotopic (exact) mass is 321 g/mol. The van der Waals surface area contributed by atoms with Crippen molar-refractivity contribution in [3.63, 3.8) is 0 Å². The first-order valence-electron chi connectivity index (χ1n) is 8.20. The third-order valence-electron chi connectivity index (χ3n) is 4.43. The zero-order chi connectivity index (χ0) is 16.7. The molecule has 1 atom stereocenters. The van der Waals surface area contributed by atoms with Gasteiger partial charge in [0.2, 0.25) is 5.95 Å². The first-order chi connectivity index (χ1) is 11.6. The molecule has 4 rings (SSSR count). The molecule has 6 heteroatoms. The maximum atomic E-state index is 12.4. The van der Waals surface area contributed by atoms with Crippen molar-refractivity contribution in [2.75, 3.05) is 11.4 Å². The highest BCUT2D eigenvalue weighted by molar-refractivity contribution is 5.77. The number of aromatic nitrogens is 4. The fourth-order valence-electron chi connectivity index (χ4n) is 3.39. The Morgan fingerprint density at radius 3 is 2.67 bits per heavy atom. The molecule has 0 spiro atoms. The van der Waals surface area contributed by atoms with Crippen molar-refractivity contribution in [1.29, 1.82) is 0 Å². The van der Waals surface area contributed by atoms with Gasteiger partial charge in [0.15, 0.2) is 0 Å². The largest absolute Gasteiger partial charge is 0.331 e. The Morgan fingerprint density at radius 2 is 1.88 bits per heavy atom. The van der Waals surface area contributed by atoms with Crippen molar-refractivity contribution >= 4 is 16.9 Å². The predicted molar refractivity (Wildman–Crippen MR) is 93.2 cm³/mol. The normalized spacial score (nSPS) is 17.6. The van der Waals surface area contributed by atoms with Gasteiger partial charge in [-0.15, -0.1) is 0 Å². The first-order valence-corrected chi connectivity index (χ1v) is 8.20. The van der Waals surface area contributed by atoms with Crippen LogP contribution in [0.4, 0.5) is 5.95 Å². The van der Waals surface area contributed by atoms with Crippen molar-refractivity contribution in [1.82, 2.24) is 19.9 Å². The minimum atomic E-state index is -0.0937. The average Bonchev–Trinajstić information content (AvgIpc) is 3.03. The van der Waals surface area contributed by atoms with Crippen LogP contribution in [0.2, 0.25) is 0 Å². The molecular weight excluding hydrogens is 302 g/mol. The standard InChI is InChI=1S/C18H19N5O/c1-11-10-12(2)20-18(19-11)23-9-5-8-15(23)16-21-14-7-4-3-6-13(14)17(24)22-16/h3-4,6-7,10,15H,5,8-9H2,1-2H3,(H,21,22,24). The van der Waals surface area contributed by atoms with Crippen molar-refractivity contribution in [2.24, 2.45) is 0 Å². The lowest BCUT2D eigenvalue weighted by Crippen LogP contribution is -2.28. The minimum Gasteiger partial charge on any atom is -0.331 e. The molecule has 122 valence electrons. The number of nitrogens with zero attached hydrogens (tertiary/aromatic N) is 4. The molecule has 1 aliphatic heterocycles. The number of benzene rings is 1. The smallest absolute Gasteiger partial charge is 0.258 e. The van der Waals surface area contributed by atoms with Crippen molar-refractivity contribution in [3.05, 3.63) is 57.9 Å². The second-order valence-electron chi connectivity index (χ2n) is 6.27. The number of hydrogen-bond acceptors (Lipinski definition) is 5. The molecule has 1 saturated heterocycles. The van der Waals surface area contributed by atoms with Gasteiger partial charge >= 0.3 is 0 Å². The number of para-hydroxylation sites is 1. The second kappa shape index (κ2) is 5.70. The number of H-pyrrole nitrogens is 1. The second-order valence-corrected chi connectivity index (χ2v) is 6.27. The van der Waals surface area contributed by atoms with Gasteiger partial charge in [0.05, 0.1) is 16.9 Å².